The highest BCUT2D eigenvalue weighted by molar-refractivity contribution is 5.70. The first-order chi connectivity index (χ1) is 14.1. The highest BCUT2D eigenvalue weighted by Crippen LogP contribution is 2.14. The molecule has 3 N–H and O–H groups in total. The molecule has 0 saturated carbocycles. The van der Waals surface area contributed by atoms with Crippen molar-refractivity contribution in [2.75, 3.05) is 39.4 Å². The average Bonchev–Trinajstić information content (AvgIpc) is 2.73. The fourth-order valence-corrected chi connectivity index (χ4v) is 3.41. The molecule has 0 spiro atoms. The zero-order chi connectivity index (χ0) is 21.3. The Morgan fingerprint density at radius 1 is 0.966 bits per heavy atom. The second-order valence-corrected chi connectivity index (χ2v) is 7.72. The minimum absolute atomic E-state index is 0.0794. The topological polar surface area (TPSA) is 108 Å². The van der Waals surface area contributed by atoms with Crippen LogP contribution in [-0.2, 0) is 14.3 Å². The van der Waals surface area contributed by atoms with Crippen molar-refractivity contribution in [1.82, 2.24) is 10.2 Å². The Labute approximate surface area is 174 Å². The molecule has 1 rings (SSSR count). The number of aliphatic hydroxyl groups excluding tert-OH is 2. The van der Waals surface area contributed by atoms with Gasteiger partial charge in [0.15, 0.2) is 0 Å². The van der Waals surface area contributed by atoms with Gasteiger partial charge in [0, 0.05) is 19.5 Å². The van der Waals surface area contributed by atoms with E-state index in [1.54, 1.807) is 0 Å². The first-order valence-electron chi connectivity index (χ1n) is 11.2. The summed E-state index contributed by atoms with van der Waals surface area (Å²) in [5.74, 6) is -0.509. The number of rotatable bonds is 15. The van der Waals surface area contributed by atoms with Gasteiger partial charge >= 0.3 is 12.1 Å². The van der Waals surface area contributed by atoms with Crippen LogP contribution in [0.15, 0.2) is 0 Å². The number of hydrogen-bond acceptors (Lipinski definition) is 7. The van der Waals surface area contributed by atoms with E-state index in [0.717, 1.165) is 45.3 Å². The molecular formula is C21H40N2O6. The van der Waals surface area contributed by atoms with Crippen LogP contribution in [0.25, 0.3) is 0 Å². The number of nitrogens with zero attached hydrogens (tertiary/aromatic N) is 1. The maximum absolute atomic E-state index is 12.2. The number of nitrogens with one attached hydrogen (secondary N) is 1. The van der Waals surface area contributed by atoms with Crippen LogP contribution in [0, 0.1) is 0 Å². The van der Waals surface area contributed by atoms with Crippen LogP contribution in [0.5, 0.6) is 0 Å². The van der Waals surface area contributed by atoms with Gasteiger partial charge in [-0.3, -0.25) is 4.79 Å². The van der Waals surface area contributed by atoms with Gasteiger partial charge in [0.1, 0.15) is 12.2 Å². The maximum Gasteiger partial charge on any atom is 0.407 e. The molecule has 1 aliphatic heterocycles. The number of unbranched alkanes of at least 4 members (excludes halogenated alkanes) is 3. The normalized spacial score (nSPS) is 15.9. The van der Waals surface area contributed by atoms with Crippen molar-refractivity contribution in [2.24, 2.45) is 0 Å². The minimum Gasteiger partial charge on any atom is -0.457 e. The summed E-state index contributed by atoms with van der Waals surface area (Å²) in [4.78, 5) is 26.4. The Bertz CT molecular complexity index is 439. The summed E-state index contributed by atoms with van der Waals surface area (Å²) in [6, 6.07) is 0. The first-order valence-corrected chi connectivity index (χ1v) is 11.2. The zero-order valence-corrected chi connectivity index (χ0v) is 17.9. The van der Waals surface area contributed by atoms with Crippen molar-refractivity contribution >= 4 is 12.1 Å². The van der Waals surface area contributed by atoms with Crippen LogP contribution < -0.4 is 5.32 Å². The number of amides is 1. The molecule has 170 valence electrons. The van der Waals surface area contributed by atoms with Gasteiger partial charge in [-0.25, -0.2) is 4.79 Å². The third kappa shape index (κ3) is 12.7. The fourth-order valence-electron chi connectivity index (χ4n) is 3.41. The lowest BCUT2D eigenvalue weighted by molar-refractivity contribution is -0.154. The van der Waals surface area contributed by atoms with Crippen molar-refractivity contribution in [3.63, 3.8) is 0 Å². The number of likely N-dealkylation sites (tertiary alicyclic amines) is 1. The number of carbonyl (C=O) groups is 2. The van der Waals surface area contributed by atoms with E-state index in [-0.39, 0.29) is 12.5 Å². The third-order valence-electron chi connectivity index (χ3n) is 5.18. The molecular weight excluding hydrogens is 376 g/mol. The standard InChI is InChI=1S/C21H40N2O6/c1-2-3-4-6-9-18(10-11-20(26)28-19(16-24)17-25)29-21(27)22-12-15-23-13-7-5-8-14-23/h18-19,24-25H,2-17H2,1H3,(H,22,27). The summed E-state index contributed by atoms with van der Waals surface area (Å²) in [5, 5.41) is 20.8. The SMILES string of the molecule is CCCCCCC(CCC(=O)OC(CO)CO)OC(=O)NCCN1CCCCC1. The van der Waals surface area contributed by atoms with Crippen molar-refractivity contribution in [3.8, 4) is 0 Å². The van der Waals surface area contributed by atoms with Crippen LogP contribution in [0.3, 0.4) is 0 Å². The first kappa shape index (κ1) is 25.7. The summed E-state index contributed by atoms with van der Waals surface area (Å²) in [6.07, 6.45) is 7.43. The molecule has 1 aliphatic rings. The van der Waals surface area contributed by atoms with Gasteiger partial charge in [-0.2, -0.15) is 0 Å². The van der Waals surface area contributed by atoms with E-state index in [1.807, 2.05) is 0 Å². The molecule has 1 amide bonds. The van der Waals surface area contributed by atoms with Gasteiger partial charge in [-0.05, 0) is 45.2 Å². The number of hydrogen-bond donors (Lipinski definition) is 3. The lowest BCUT2D eigenvalue weighted by Crippen LogP contribution is -2.38. The molecule has 1 unspecified atom stereocenters. The molecule has 1 fully saturated rings. The van der Waals surface area contributed by atoms with Gasteiger partial charge in [0.05, 0.1) is 13.2 Å². The van der Waals surface area contributed by atoms with Crippen LogP contribution in [0.4, 0.5) is 4.79 Å². The van der Waals surface area contributed by atoms with Crippen LogP contribution in [0.2, 0.25) is 0 Å². The number of esters is 1. The molecule has 8 nitrogen and oxygen atoms in total. The third-order valence-corrected chi connectivity index (χ3v) is 5.18. The van der Waals surface area contributed by atoms with Gasteiger partial charge in [-0.1, -0.05) is 32.6 Å². The van der Waals surface area contributed by atoms with Crippen LogP contribution in [-0.4, -0.2) is 78.8 Å². The molecule has 0 bridgehead atoms. The number of ether oxygens (including phenoxy) is 2. The zero-order valence-electron chi connectivity index (χ0n) is 17.9. The smallest absolute Gasteiger partial charge is 0.407 e. The number of aliphatic hydroxyl groups is 2. The van der Waals surface area contributed by atoms with Crippen molar-refractivity contribution < 1.29 is 29.3 Å². The molecule has 0 aromatic carbocycles. The predicted molar refractivity (Wildman–Crippen MR) is 111 cm³/mol. The molecule has 8 heteroatoms. The Kier molecular flexibility index (Phi) is 14.5. The molecule has 0 radical (unpaired) electrons. The molecule has 0 aromatic rings. The fraction of sp³-hybridized carbons (Fsp3) is 0.905. The summed E-state index contributed by atoms with van der Waals surface area (Å²) >= 11 is 0. The summed E-state index contributed by atoms with van der Waals surface area (Å²) in [7, 11) is 0. The van der Waals surface area contributed by atoms with E-state index >= 15 is 0 Å². The van der Waals surface area contributed by atoms with Crippen molar-refractivity contribution in [3.05, 3.63) is 0 Å². The Balaban J connectivity index is 2.35. The Morgan fingerprint density at radius 2 is 1.69 bits per heavy atom. The van der Waals surface area contributed by atoms with Gasteiger partial charge in [0.25, 0.3) is 0 Å². The lowest BCUT2D eigenvalue weighted by atomic mass is 10.1. The summed E-state index contributed by atoms with van der Waals surface area (Å²) in [6.45, 7) is 4.85. The lowest BCUT2D eigenvalue weighted by Gasteiger charge is -2.26. The molecule has 0 aromatic heterocycles. The summed E-state index contributed by atoms with van der Waals surface area (Å²) < 4.78 is 10.5. The van der Waals surface area contributed by atoms with Gasteiger partial charge in [-0.15, -0.1) is 0 Å². The van der Waals surface area contributed by atoms with Crippen LogP contribution >= 0.6 is 0 Å². The number of carbonyl (C=O) groups excluding carboxylic acids is 2. The monoisotopic (exact) mass is 416 g/mol. The number of alkyl carbamates (subject to hydrolysis) is 1. The molecule has 29 heavy (non-hydrogen) atoms. The van der Waals surface area contributed by atoms with E-state index in [1.165, 1.54) is 19.3 Å². The molecule has 1 saturated heterocycles. The number of piperidine rings is 1. The van der Waals surface area contributed by atoms with E-state index in [2.05, 4.69) is 17.1 Å². The Hall–Kier alpha value is -1.38. The second kappa shape index (κ2) is 16.4. The van der Waals surface area contributed by atoms with Gasteiger partial charge in [0.2, 0.25) is 0 Å². The average molecular weight is 417 g/mol. The van der Waals surface area contributed by atoms with Crippen molar-refractivity contribution in [1.29, 1.82) is 0 Å². The van der Waals surface area contributed by atoms with E-state index in [0.29, 0.717) is 19.4 Å². The molecule has 1 atom stereocenters. The summed E-state index contributed by atoms with van der Waals surface area (Å²) in [5.41, 5.74) is 0. The highest BCUT2D eigenvalue weighted by Gasteiger charge is 2.19. The maximum atomic E-state index is 12.2. The molecule has 0 aliphatic carbocycles. The van der Waals surface area contributed by atoms with Crippen LogP contribution in [0.1, 0.15) is 71.1 Å². The quantitative estimate of drug-likeness (QED) is 0.277. The molecule has 1 heterocycles. The second-order valence-electron chi connectivity index (χ2n) is 7.72. The Morgan fingerprint density at radius 3 is 2.34 bits per heavy atom. The minimum atomic E-state index is -0.899. The highest BCUT2D eigenvalue weighted by atomic mass is 16.6. The largest absolute Gasteiger partial charge is 0.457 e. The predicted octanol–water partition coefficient (Wildman–Crippen LogP) is 2.21. The van der Waals surface area contributed by atoms with E-state index < -0.39 is 31.4 Å². The van der Waals surface area contributed by atoms with E-state index in [4.69, 9.17) is 19.7 Å². The van der Waals surface area contributed by atoms with E-state index in [9.17, 15) is 9.59 Å². The van der Waals surface area contributed by atoms with Gasteiger partial charge < -0.3 is 29.9 Å². The van der Waals surface area contributed by atoms with Crippen molar-refractivity contribution in [2.45, 2.75) is 83.3 Å².